The number of aromatic nitrogens is 1. The zero-order valence-electron chi connectivity index (χ0n) is 8.64. The molecular weight excluding hydrogens is 265 g/mol. The SMILES string of the molecule is O=C(C[C@H]1O[C@H](O)C(Cl)=C1Cl)c1cccnc1. The van der Waals surface area contributed by atoms with Crippen molar-refractivity contribution in [3.8, 4) is 0 Å². The van der Waals surface area contributed by atoms with Crippen molar-refractivity contribution in [2.45, 2.75) is 18.8 Å². The van der Waals surface area contributed by atoms with Crippen molar-refractivity contribution in [3.05, 3.63) is 40.2 Å². The lowest BCUT2D eigenvalue weighted by molar-refractivity contribution is -0.0755. The monoisotopic (exact) mass is 273 g/mol. The summed E-state index contributed by atoms with van der Waals surface area (Å²) in [6, 6.07) is 3.32. The van der Waals surface area contributed by atoms with Crippen molar-refractivity contribution in [1.82, 2.24) is 4.98 Å². The molecule has 0 fully saturated rings. The number of ether oxygens (including phenoxy) is 1. The van der Waals surface area contributed by atoms with Gasteiger partial charge >= 0.3 is 0 Å². The molecule has 6 heteroatoms. The van der Waals surface area contributed by atoms with Gasteiger partial charge in [0.15, 0.2) is 12.1 Å². The Hall–Kier alpha value is -0.940. The van der Waals surface area contributed by atoms with Gasteiger partial charge in [-0.05, 0) is 12.1 Å². The second kappa shape index (κ2) is 5.14. The van der Waals surface area contributed by atoms with Crippen LogP contribution >= 0.6 is 23.2 Å². The summed E-state index contributed by atoms with van der Waals surface area (Å²) in [6.45, 7) is 0. The fourth-order valence-corrected chi connectivity index (χ4v) is 1.89. The van der Waals surface area contributed by atoms with Crippen LogP contribution in [-0.4, -0.2) is 28.3 Å². The molecule has 0 aliphatic carbocycles. The zero-order chi connectivity index (χ0) is 12.4. The number of rotatable bonds is 3. The number of Topliss-reactive ketones (excluding diaryl/α,β-unsaturated/α-hetero) is 1. The van der Waals surface area contributed by atoms with Gasteiger partial charge in [0.05, 0.1) is 10.1 Å². The minimum atomic E-state index is -1.24. The molecule has 2 heterocycles. The summed E-state index contributed by atoms with van der Waals surface area (Å²) < 4.78 is 5.05. The molecule has 1 aliphatic rings. The number of nitrogens with zero attached hydrogens (tertiary/aromatic N) is 1. The van der Waals surface area contributed by atoms with Gasteiger partial charge in [0.2, 0.25) is 0 Å². The van der Waals surface area contributed by atoms with Crippen LogP contribution in [0, 0.1) is 0 Å². The largest absolute Gasteiger partial charge is 0.363 e. The van der Waals surface area contributed by atoms with Crippen LogP contribution < -0.4 is 0 Å². The Morgan fingerprint density at radius 2 is 2.24 bits per heavy atom. The fourth-order valence-electron chi connectivity index (χ4n) is 1.50. The zero-order valence-corrected chi connectivity index (χ0v) is 10.1. The van der Waals surface area contributed by atoms with E-state index in [1.54, 1.807) is 18.3 Å². The molecule has 0 radical (unpaired) electrons. The molecule has 0 spiro atoms. The Kier molecular flexibility index (Phi) is 3.79. The first kappa shape index (κ1) is 12.5. The molecule has 0 saturated carbocycles. The Morgan fingerprint density at radius 1 is 1.47 bits per heavy atom. The second-order valence-electron chi connectivity index (χ2n) is 3.54. The van der Waals surface area contributed by atoms with Crippen LogP contribution in [0.1, 0.15) is 16.8 Å². The predicted molar refractivity (Wildman–Crippen MR) is 62.8 cm³/mol. The van der Waals surface area contributed by atoms with Gasteiger partial charge in [-0.3, -0.25) is 9.78 Å². The standard InChI is InChI=1S/C11H9Cl2NO3/c12-9-8(17-11(16)10(9)13)4-7(15)6-2-1-3-14-5-6/h1-3,5,8,11,16H,4H2/t8-,11+/m1/s1. The van der Waals surface area contributed by atoms with E-state index >= 15 is 0 Å². The Bertz CT molecular complexity index is 461. The van der Waals surface area contributed by atoms with Crippen LogP contribution in [-0.2, 0) is 4.74 Å². The van der Waals surface area contributed by atoms with Crippen LogP contribution in [0.4, 0.5) is 0 Å². The van der Waals surface area contributed by atoms with E-state index in [9.17, 15) is 9.90 Å². The molecule has 2 rings (SSSR count). The number of aliphatic hydroxyl groups is 1. The number of aliphatic hydroxyl groups excluding tert-OH is 1. The first-order valence-electron chi connectivity index (χ1n) is 4.91. The lowest BCUT2D eigenvalue weighted by Crippen LogP contribution is -2.17. The topological polar surface area (TPSA) is 59.4 Å². The van der Waals surface area contributed by atoms with Crippen molar-refractivity contribution in [1.29, 1.82) is 0 Å². The van der Waals surface area contributed by atoms with Gasteiger partial charge in [-0.1, -0.05) is 23.2 Å². The van der Waals surface area contributed by atoms with Gasteiger partial charge < -0.3 is 9.84 Å². The van der Waals surface area contributed by atoms with E-state index < -0.39 is 12.4 Å². The smallest absolute Gasteiger partial charge is 0.193 e. The van der Waals surface area contributed by atoms with Gasteiger partial charge in [0.1, 0.15) is 6.10 Å². The minimum Gasteiger partial charge on any atom is -0.363 e. The molecule has 0 amide bonds. The van der Waals surface area contributed by atoms with Gasteiger partial charge in [0.25, 0.3) is 0 Å². The molecule has 17 heavy (non-hydrogen) atoms. The van der Waals surface area contributed by atoms with Crippen LogP contribution in [0.25, 0.3) is 0 Å². The summed E-state index contributed by atoms with van der Waals surface area (Å²) in [7, 11) is 0. The third kappa shape index (κ3) is 2.66. The normalized spacial score (nSPS) is 24.2. The van der Waals surface area contributed by atoms with Crippen molar-refractivity contribution in [2.24, 2.45) is 0 Å². The average molecular weight is 274 g/mol. The molecule has 1 aromatic rings. The molecule has 1 aromatic heterocycles. The summed E-state index contributed by atoms with van der Waals surface area (Å²) in [4.78, 5) is 15.7. The summed E-state index contributed by atoms with van der Waals surface area (Å²) >= 11 is 11.5. The maximum Gasteiger partial charge on any atom is 0.193 e. The van der Waals surface area contributed by atoms with E-state index in [-0.39, 0.29) is 22.3 Å². The molecule has 4 nitrogen and oxygen atoms in total. The summed E-state index contributed by atoms with van der Waals surface area (Å²) in [5.41, 5.74) is 0.470. The average Bonchev–Trinajstić information content (AvgIpc) is 2.58. The van der Waals surface area contributed by atoms with Crippen molar-refractivity contribution in [3.63, 3.8) is 0 Å². The van der Waals surface area contributed by atoms with Crippen LogP contribution in [0.5, 0.6) is 0 Å². The molecule has 0 bridgehead atoms. The van der Waals surface area contributed by atoms with E-state index in [4.69, 9.17) is 27.9 Å². The molecule has 0 saturated heterocycles. The highest BCUT2D eigenvalue weighted by Crippen LogP contribution is 2.33. The Morgan fingerprint density at radius 3 is 2.76 bits per heavy atom. The molecule has 0 aromatic carbocycles. The molecule has 0 unspecified atom stereocenters. The highest BCUT2D eigenvalue weighted by Gasteiger charge is 2.33. The maximum atomic E-state index is 11.8. The van der Waals surface area contributed by atoms with E-state index in [1.165, 1.54) is 6.20 Å². The van der Waals surface area contributed by atoms with Crippen LogP contribution in [0.15, 0.2) is 34.6 Å². The number of carbonyl (C=O) groups excluding carboxylic acids is 1. The van der Waals surface area contributed by atoms with Gasteiger partial charge in [-0.25, -0.2) is 0 Å². The lowest BCUT2D eigenvalue weighted by Gasteiger charge is -2.10. The number of hydrogen-bond acceptors (Lipinski definition) is 4. The summed E-state index contributed by atoms with van der Waals surface area (Å²) in [6.07, 6.45) is 1.14. The number of carbonyl (C=O) groups is 1. The second-order valence-corrected chi connectivity index (χ2v) is 4.36. The first-order valence-corrected chi connectivity index (χ1v) is 5.67. The van der Waals surface area contributed by atoms with Gasteiger partial charge in [-0.15, -0.1) is 0 Å². The molecule has 1 aliphatic heterocycles. The van der Waals surface area contributed by atoms with Gasteiger partial charge in [0, 0.05) is 24.4 Å². The van der Waals surface area contributed by atoms with E-state index in [0.29, 0.717) is 5.56 Å². The molecular formula is C11H9Cl2NO3. The third-order valence-electron chi connectivity index (χ3n) is 2.38. The van der Waals surface area contributed by atoms with E-state index in [2.05, 4.69) is 4.98 Å². The quantitative estimate of drug-likeness (QED) is 0.857. The van der Waals surface area contributed by atoms with Gasteiger partial charge in [-0.2, -0.15) is 0 Å². The van der Waals surface area contributed by atoms with Crippen LogP contribution in [0.2, 0.25) is 0 Å². The van der Waals surface area contributed by atoms with Crippen molar-refractivity contribution >= 4 is 29.0 Å². The van der Waals surface area contributed by atoms with E-state index in [0.717, 1.165) is 0 Å². The molecule has 2 atom stereocenters. The maximum absolute atomic E-state index is 11.8. The third-order valence-corrected chi connectivity index (χ3v) is 3.31. The van der Waals surface area contributed by atoms with Crippen LogP contribution in [0.3, 0.4) is 0 Å². The minimum absolute atomic E-state index is 0.0256. The first-order chi connectivity index (χ1) is 8.09. The Balaban J connectivity index is 2.07. The molecule has 1 N–H and O–H groups in total. The molecule has 90 valence electrons. The highest BCUT2D eigenvalue weighted by atomic mass is 35.5. The van der Waals surface area contributed by atoms with E-state index in [1.807, 2.05) is 0 Å². The summed E-state index contributed by atoms with van der Waals surface area (Å²) in [5.74, 6) is -0.167. The number of pyridine rings is 1. The highest BCUT2D eigenvalue weighted by molar-refractivity contribution is 6.40. The number of ketones is 1. The lowest BCUT2D eigenvalue weighted by atomic mass is 10.1. The summed E-state index contributed by atoms with van der Waals surface area (Å²) in [5, 5.41) is 9.52. The fraction of sp³-hybridized carbons (Fsp3) is 0.273. The number of halogens is 2. The predicted octanol–water partition coefficient (Wildman–Crippen LogP) is 2.06. The number of hydrogen-bond donors (Lipinski definition) is 1. The Labute approximate surface area is 108 Å². The van der Waals surface area contributed by atoms with Crippen molar-refractivity contribution < 1.29 is 14.6 Å². The van der Waals surface area contributed by atoms with Crippen molar-refractivity contribution in [2.75, 3.05) is 0 Å².